The topological polar surface area (TPSA) is 35.2 Å². The number of rotatable bonds is 3. The second-order valence-corrected chi connectivity index (χ2v) is 5.80. The van der Waals surface area contributed by atoms with Crippen molar-refractivity contribution in [2.24, 2.45) is 5.73 Å². The molecule has 0 aliphatic carbocycles. The summed E-state index contributed by atoms with van der Waals surface area (Å²) in [6, 6.07) is 8.55. The van der Waals surface area contributed by atoms with Crippen molar-refractivity contribution in [1.29, 1.82) is 0 Å². The van der Waals surface area contributed by atoms with Gasteiger partial charge < -0.3 is 10.5 Å². The van der Waals surface area contributed by atoms with Crippen molar-refractivity contribution in [3.8, 4) is 11.5 Å². The average molecular weight is 338 g/mol. The zero-order valence-corrected chi connectivity index (χ0v) is 13.3. The van der Waals surface area contributed by atoms with Crippen LogP contribution in [0, 0.1) is 19.7 Å². The van der Waals surface area contributed by atoms with E-state index in [1.54, 1.807) is 13.0 Å². The van der Waals surface area contributed by atoms with Crippen LogP contribution in [0.2, 0.25) is 0 Å². The zero-order valence-electron chi connectivity index (χ0n) is 11.7. The van der Waals surface area contributed by atoms with E-state index < -0.39 is 0 Å². The maximum absolute atomic E-state index is 13.7. The first-order valence-corrected chi connectivity index (χ1v) is 7.17. The van der Waals surface area contributed by atoms with Crippen molar-refractivity contribution >= 4 is 15.9 Å². The third kappa shape index (κ3) is 3.19. The van der Waals surface area contributed by atoms with Crippen molar-refractivity contribution in [3.05, 3.63) is 57.3 Å². The number of nitrogens with two attached hydrogens (primary N) is 1. The highest BCUT2D eigenvalue weighted by Gasteiger charge is 2.13. The number of halogens is 2. The van der Waals surface area contributed by atoms with E-state index in [0.717, 1.165) is 10.0 Å². The van der Waals surface area contributed by atoms with Crippen molar-refractivity contribution in [1.82, 2.24) is 0 Å². The molecule has 2 rings (SSSR count). The van der Waals surface area contributed by atoms with Crippen LogP contribution in [0.5, 0.6) is 11.5 Å². The SMILES string of the molecule is Cc1cc(Oc2ccc(Br)c(C)c2)c(C(C)N)cc1F. The minimum atomic E-state index is -0.295. The molecule has 2 N–H and O–H groups in total. The summed E-state index contributed by atoms with van der Waals surface area (Å²) in [6.07, 6.45) is 0. The standard InChI is InChI=1S/C16H17BrFNO/c1-9-6-12(4-5-14(9)17)20-16-7-10(2)15(18)8-13(16)11(3)19/h4-8,11H,19H2,1-3H3. The fourth-order valence-corrected chi connectivity index (χ4v) is 2.17. The normalized spacial score (nSPS) is 12.3. The molecule has 0 aliphatic heterocycles. The summed E-state index contributed by atoms with van der Waals surface area (Å²) in [4.78, 5) is 0. The predicted molar refractivity (Wildman–Crippen MR) is 82.7 cm³/mol. The van der Waals surface area contributed by atoms with Crippen LogP contribution >= 0.6 is 15.9 Å². The van der Waals surface area contributed by atoms with E-state index in [2.05, 4.69) is 15.9 Å². The Bertz CT molecular complexity index is 641. The van der Waals surface area contributed by atoms with Crippen molar-refractivity contribution in [3.63, 3.8) is 0 Å². The summed E-state index contributed by atoms with van der Waals surface area (Å²) in [7, 11) is 0. The first kappa shape index (κ1) is 15.0. The number of benzene rings is 2. The molecule has 2 aromatic carbocycles. The molecule has 2 aromatic rings. The largest absolute Gasteiger partial charge is 0.457 e. The van der Waals surface area contributed by atoms with E-state index >= 15 is 0 Å². The number of hydrogen-bond acceptors (Lipinski definition) is 2. The van der Waals surface area contributed by atoms with Crippen LogP contribution in [-0.2, 0) is 0 Å². The molecular formula is C16H17BrFNO. The van der Waals surface area contributed by atoms with Crippen LogP contribution in [0.3, 0.4) is 0 Å². The van der Waals surface area contributed by atoms with Gasteiger partial charge in [0.1, 0.15) is 17.3 Å². The molecule has 0 amide bonds. The zero-order chi connectivity index (χ0) is 14.9. The summed E-state index contributed by atoms with van der Waals surface area (Å²) in [5.41, 5.74) is 8.16. The van der Waals surface area contributed by atoms with E-state index in [1.165, 1.54) is 6.07 Å². The molecule has 0 saturated heterocycles. The average Bonchev–Trinajstić information content (AvgIpc) is 2.37. The van der Waals surface area contributed by atoms with Gasteiger partial charge in [0.05, 0.1) is 0 Å². The van der Waals surface area contributed by atoms with Gasteiger partial charge in [-0.2, -0.15) is 0 Å². The van der Waals surface area contributed by atoms with E-state index in [-0.39, 0.29) is 11.9 Å². The van der Waals surface area contributed by atoms with Crippen LogP contribution in [-0.4, -0.2) is 0 Å². The molecule has 0 aromatic heterocycles. The summed E-state index contributed by atoms with van der Waals surface area (Å²) < 4.78 is 20.6. The molecular weight excluding hydrogens is 321 g/mol. The van der Waals surface area contributed by atoms with Crippen LogP contribution in [0.4, 0.5) is 4.39 Å². The third-order valence-electron chi connectivity index (χ3n) is 3.14. The van der Waals surface area contributed by atoms with Gasteiger partial charge in [-0.3, -0.25) is 0 Å². The van der Waals surface area contributed by atoms with Crippen molar-refractivity contribution in [2.75, 3.05) is 0 Å². The Labute approximate surface area is 126 Å². The minimum Gasteiger partial charge on any atom is -0.457 e. The first-order valence-electron chi connectivity index (χ1n) is 6.38. The maximum atomic E-state index is 13.7. The lowest BCUT2D eigenvalue weighted by Gasteiger charge is -2.15. The number of hydrogen-bond donors (Lipinski definition) is 1. The summed E-state index contributed by atoms with van der Waals surface area (Å²) in [6.45, 7) is 5.50. The molecule has 1 atom stereocenters. The van der Waals surface area contributed by atoms with Crippen LogP contribution in [0.15, 0.2) is 34.8 Å². The fraction of sp³-hybridized carbons (Fsp3) is 0.250. The summed E-state index contributed by atoms with van der Waals surface area (Å²) in [5, 5.41) is 0. The van der Waals surface area contributed by atoms with E-state index in [9.17, 15) is 4.39 Å². The minimum absolute atomic E-state index is 0.267. The Morgan fingerprint density at radius 3 is 2.45 bits per heavy atom. The number of ether oxygens (including phenoxy) is 1. The van der Waals surface area contributed by atoms with Gasteiger partial charge in [-0.1, -0.05) is 15.9 Å². The van der Waals surface area contributed by atoms with Crippen molar-refractivity contribution < 1.29 is 9.13 Å². The van der Waals surface area contributed by atoms with Gasteiger partial charge in [-0.05, 0) is 62.2 Å². The Morgan fingerprint density at radius 2 is 1.85 bits per heavy atom. The molecule has 20 heavy (non-hydrogen) atoms. The molecule has 4 heteroatoms. The van der Waals surface area contributed by atoms with Gasteiger partial charge in [-0.15, -0.1) is 0 Å². The van der Waals surface area contributed by atoms with Gasteiger partial charge in [0.25, 0.3) is 0 Å². The van der Waals surface area contributed by atoms with Crippen LogP contribution in [0.1, 0.15) is 29.7 Å². The van der Waals surface area contributed by atoms with Gasteiger partial charge in [-0.25, -0.2) is 4.39 Å². The molecule has 106 valence electrons. The lowest BCUT2D eigenvalue weighted by Crippen LogP contribution is -2.08. The van der Waals surface area contributed by atoms with Gasteiger partial charge in [0.2, 0.25) is 0 Å². The van der Waals surface area contributed by atoms with Crippen LogP contribution < -0.4 is 10.5 Å². The molecule has 2 nitrogen and oxygen atoms in total. The Balaban J connectivity index is 2.41. The van der Waals surface area contributed by atoms with Gasteiger partial charge >= 0.3 is 0 Å². The molecule has 0 fully saturated rings. The third-order valence-corrected chi connectivity index (χ3v) is 4.03. The van der Waals surface area contributed by atoms with Crippen LogP contribution in [0.25, 0.3) is 0 Å². The lowest BCUT2D eigenvalue weighted by atomic mass is 10.0. The monoisotopic (exact) mass is 337 g/mol. The summed E-state index contributed by atoms with van der Waals surface area (Å²) in [5.74, 6) is 1.04. The highest BCUT2D eigenvalue weighted by Crippen LogP contribution is 2.32. The Morgan fingerprint density at radius 1 is 1.15 bits per heavy atom. The highest BCUT2D eigenvalue weighted by atomic mass is 79.9. The smallest absolute Gasteiger partial charge is 0.132 e. The van der Waals surface area contributed by atoms with Crippen molar-refractivity contribution in [2.45, 2.75) is 26.8 Å². The molecule has 0 bridgehead atoms. The Hall–Kier alpha value is -1.39. The first-order chi connectivity index (χ1) is 9.38. The lowest BCUT2D eigenvalue weighted by molar-refractivity contribution is 0.467. The number of aryl methyl sites for hydroxylation is 2. The van der Waals surface area contributed by atoms with E-state index in [0.29, 0.717) is 22.6 Å². The molecule has 0 spiro atoms. The quantitative estimate of drug-likeness (QED) is 0.853. The predicted octanol–water partition coefficient (Wildman–Crippen LogP) is 5.02. The van der Waals surface area contributed by atoms with Gasteiger partial charge in [0, 0.05) is 16.1 Å². The molecule has 0 aliphatic rings. The molecule has 1 unspecified atom stereocenters. The van der Waals surface area contributed by atoms with E-state index in [1.807, 2.05) is 32.0 Å². The maximum Gasteiger partial charge on any atom is 0.132 e. The van der Waals surface area contributed by atoms with Gasteiger partial charge in [0.15, 0.2) is 0 Å². The molecule has 0 heterocycles. The molecule has 0 radical (unpaired) electrons. The molecule has 0 saturated carbocycles. The van der Waals surface area contributed by atoms with E-state index in [4.69, 9.17) is 10.5 Å². The highest BCUT2D eigenvalue weighted by molar-refractivity contribution is 9.10. The fourth-order valence-electron chi connectivity index (χ4n) is 1.92. The second kappa shape index (κ2) is 5.94. The Kier molecular flexibility index (Phi) is 4.45. The second-order valence-electron chi connectivity index (χ2n) is 4.94. The summed E-state index contributed by atoms with van der Waals surface area (Å²) >= 11 is 3.45.